The van der Waals surface area contributed by atoms with Crippen LogP contribution in [0.2, 0.25) is 0 Å². The Kier molecular flexibility index (Phi) is 7.80. The highest BCUT2D eigenvalue weighted by Crippen LogP contribution is 2.46. The molecule has 8 heteroatoms. The van der Waals surface area contributed by atoms with E-state index < -0.39 is 34.9 Å². The van der Waals surface area contributed by atoms with E-state index in [1.807, 2.05) is 11.4 Å². The van der Waals surface area contributed by atoms with Gasteiger partial charge in [0, 0.05) is 24.2 Å². The first-order valence-electron chi connectivity index (χ1n) is 12.2. The van der Waals surface area contributed by atoms with E-state index in [0.29, 0.717) is 0 Å². The fraction of sp³-hybridized carbons (Fsp3) is 0.233. The number of ketones is 1. The topological polar surface area (TPSA) is 66.5 Å². The summed E-state index contributed by atoms with van der Waals surface area (Å²) in [5, 5.41) is 1.98. The number of benzene rings is 3. The number of rotatable bonds is 9. The second-order valence-electron chi connectivity index (χ2n) is 9.13. The van der Waals surface area contributed by atoms with Gasteiger partial charge in [-0.05, 0) is 30.9 Å². The third-order valence-electron chi connectivity index (χ3n) is 6.67. The molecule has 0 bridgehead atoms. The molecule has 2 amide bonds. The number of nitrogens with one attached hydrogen (secondary N) is 1. The molecular weight excluding hydrogens is 493 g/mol. The number of carbonyl (C=O) groups excluding carboxylic acids is 3. The fourth-order valence-corrected chi connectivity index (χ4v) is 4.72. The molecule has 0 saturated heterocycles. The van der Waals surface area contributed by atoms with Gasteiger partial charge in [0.2, 0.25) is 11.4 Å². The second-order valence-corrected chi connectivity index (χ2v) is 9.13. The van der Waals surface area contributed by atoms with Crippen molar-refractivity contribution in [1.29, 1.82) is 0 Å². The lowest BCUT2D eigenvalue weighted by atomic mass is 9.84. The van der Waals surface area contributed by atoms with Crippen LogP contribution in [0.4, 0.5) is 13.2 Å². The van der Waals surface area contributed by atoms with Crippen molar-refractivity contribution in [3.05, 3.63) is 119 Å². The van der Waals surface area contributed by atoms with Gasteiger partial charge in [-0.3, -0.25) is 14.4 Å². The maximum Gasteiger partial charge on any atom is 0.425 e. The van der Waals surface area contributed by atoms with Crippen molar-refractivity contribution in [1.82, 2.24) is 10.2 Å². The van der Waals surface area contributed by atoms with E-state index in [9.17, 15) is 27.6 Å². The van der Waals surface area contributed by atoms with Gasteiger partial charge in [-0.25, -0.2) is 0 Å². The Morgan fingerprint density at radius 3 is 1.84 bits per heavy atom. The maximum absolute atomic E-state index is 15.0. The van der Waals surface area contributed by atoms with Gasteiger partial charge in [-0.15, -0.1) is 0 Å². The van der Waals surface area contributed by atoms with Crippen LogP contribution in [0.5, 0.6) is 0 Å². The highest BCUT2D eigenvalue weighted by atomic mass is 19.4. The quantitative estimate of drug-likeness (QED) is 0.391. The molecular formula is C30H27F3N2O3. The van der Waals surface area contributed by atoms with Gasteiger partial charge in [0.25, 0.3) is 5.91 Å². The fourth-order valence-electron chi connectivity index (χ4n) is 4.72. The number of allylic oxidation sites excluding steroid dienone is 1. The van der Waals surface area contributed by atoms with Crippen molar-refractivity contribution < 1.29 is 27.6 Å². The zero-order valence-electron chi connectivity index (χ0n) is 20.8. The molecule has 1 aliphatic rings. The van der Waals surface area contributed by atoms with Crippen molar-refractivity contribution >= 4 is 17.6 Å². The number of nitrogens with zero attached hydrogens (tertiary/aromatic N) is 1. The van der Waals surface area contributed by atoms with Crippen LogP contribution in [0, 0.1) is 0 Å². The van der Waals surface area contributed by atoms with Gasteiger partial charge in [0.05, 0.1) is 5.57 Å². The van der Waals surface area contributed by atoms with Gasteiger partial charge in [0.1, 0.15) is 0 Å². The summed E-state index contributed by atoms with van der Waals surface area (Å²) in [5.74, 6) is -3.32. The number of aryl methyl sites for hydroxylation is 1. The highest BCUT2D eigenvalue weighted by molar-refractivity contribution is 6.19. The summed E-state index contributed by atoms with van der Waals surface area (Å²) in [7, 11) is 0. The Hall–Kier alpha value is -4.20. The zero-order valence-corrected chi connectivity index (χ0v) is 20.8. The minimum Gasteiger partial charge on any atom is -0.330 e. The lowest BCUT2D eigenvalue weighted by Crippen LogP contribution is -2.66. The largest absolute Gasteiger partial charge is 0.425 e. The predicted octanol–water partition coefficient (Wildman–Crippen LogP) is 5.28. The summed E-state index contributed by atoms with van der Waals surface area (Å²) in [6, 6.07) is 25.3. The molecule has 38 heavy (non-hydrogen) atoms. The number of halogens is 3. The van der Waals surface area contributed by atoms with Gasteiger partial charge in [-0.2, -0.15) is 13.2 Å². The van der Waals surface area contributed by atoms with E-state index in [2.05, 4.69) is 0 Å². The molecule has 5 nitrogen and oxygen atoms in total. The molecule has 0 spiro atoms. The Morgan fingerprint density at radius 2 is 1.32 bits per heavy atom. The van der Waals surface area contributed by atoms with Crippen LogP contribution < -0.4 is 5.32 Å². The third kappa shape index (κ3) is 5.25. The van der Waals surface area contributed by atoms with Crippen LogP contribution in [0.15, 0.2) is 102 Å². The molecule has 0 aromatic heterocycles. The summed E-state index contributed by atoms with van der Waals surface area (Å²) < 4.78 is 44.9. The maximum atomic E-state index is 15.0. The average Bonchev–Trinajstić information content (AvgIpc) is 3.13. The van der Waals surface area contributed by atoms with Gasteiger partial charge >= 0.3 is 6.18 Å². The third-order valence-corrected chi connectivity index (χ3v) is 6.67. The van der Waals surface area contributed by atoms with E-state index in [4.69, 9.17) is 0 Å². The molecule has 1 atom stereocenters. The van der Waals surface area contributed by atoms with Crippen LogP contribution in [-0.4, -0.2) is 40.8 Å². The lowest BCUT2D eigenvalue weighted by molar-refractivity contribution is -0.193. The Bertz CT molecular complexity index is 1340. The van der Waals surface area contributed by atoms with E-state index in [0.717, 1.165) is 16.0 Å². The Balaban J connectivity index is 1.73. The molecule has 0 fully saturated rings. The molecule has 0 unspecified atom stereocenters. The van der Waals surface area contributed by atoms with E-state index in [1.165, 1.54) is 31.2 Å². The van der Waals surface area contributed by atoms with Crippen LogP contribution in [0.1, 0.15) is 34.8 Å². The van der Waals surface area contributed by atoms with Gasteiger partial charge < -0.3 is 10.2 Å². The molecule has 3 aromatic carbocycles. The monoisotopic (exact) mass is 520 g/mol. The number of carbonyl (C=O) groups is 3. The average molecular weight is 521 g/mol. The van der Waals surface area contributed by atoms with Crippen molar-refractivity contribution in [2.75, 3.05) is 6.54 Å². The summed E-state index contributed by atoms with van der Waals surface area (Å²) in [6.07, 6.45) is -5.11. The molecule has 1 heterocycles. The second kappa shape index (κ2) is 11.0. The Morgan fingerprint density at radius 1 is 0.816 bits per heavy atom. The molecule has 196 valence electrons. The molecule has 4 rings (SSSR count). The smallest absolute Gasteiger partial charge is 0.330 e. The summed E-state index contributed by atoms with van der Waals surface area (Å²) in [4.78, 5) is 41.1. The normalized spacial score (nSPS) is 17.6. The number of Topliss-reactive ketones (excluding diaryl/α,β-unsaturated/α-hetero) is 1. The molecule has 1 aliphatic heterocycles. The number of alkyl halides is 3. The first kappa shape index (κ1) is 26.9. The highest BCUT2D eigenvalue weighted by Gasteiger charge is 2.70. The van der Waals surface area contributed by atoms with Crippen LogP contribution in [-0.2, 0) is 22.4 Å². The summed E-state index contributed by atoms with van der Waals surface area (Å²) in [6.45, 7) is 1.24. The standard InChI is InChI=1S/C30H27F3N2O3/c1-21-26(27(37)24-15-9-4-10-16-24)29(30(31,32)33,34-25(36)18-17-22-11-5-2-6-12-22)28(38)35(21)20-19-23-13-7-3-8-14-23/h2-16H,17-20H2,1H3,(H,34,36)/t29-/m1/s1. The summed E-state index contributed by atoms with van der Waals surface area (Å²) in [5.41, 5.74) is -2.82. The molecule has 0 saturated carbocycles. The molecule has 0 radical (unpaired) electrons. The lowest BCUT2D eigenvalue weighted by Gasteiger charge is -2.33. The zero-order chi connectivity index (χ0) is 27.3. The molecule has 0 aliphatic carbocycles. The van der Waals surface area contributed by atoms with Crippen molar-refractivity contribution in [3.8, 4) is 0 Å². The number of hydrogen-bond acceptors (Lipinski definition) is 3. The minimum absolute atomic E-state index is 0.00767. The first-order chi connectivity index (χ1) is 18.1. The van der Waals surface area contributed by atoms with Gasteiger partial charge in [0.15, 0.2) is 5.78 Å². The van der Waals surface area contributed by atoms with E-state index in [-0.39, 0.29) is 37.1 Å². The van der Waals surface area contributed by atoms with Gasteiger partial charge in [-0.1, -0.05) is 91.0 Å². The number of amides is 2. The van der Waals surface area contributed by atoms with Crippen molar-refractivity contribution in [2.45, 2.75) is 37.9 Å². The summed E-state index contributed by atoms with van der Waals surface area (Å²) >= 11 is 0. The van der Waals surface area contributed by atoms with Crippen molar-refractivity contribution in [2.24, 2.45) is 0 Å². The SMILES string of the molecule is CC1=C(C(=O)c2ccccc2)[C@](NC(=O)CCc2ccccc2)(C(F)(F)F)C(=O)N1CCc1ccccc1. The first-order valence-corrected chi connectivity index (χ1v) is 12.2. The van der Waals surface area contributed by atoms with Crippen molar-refractivity contribution in [3.63, 3.8) is 0 Å². The minimum atomic E-state index is -5.27. The van der Waals surface area contributed by atoms with E-state index >= 15 is 0 Å². The Labute approximate surface area is 219 Å². The van der Waals surface area contributed by atoms with Crippen LogP contribution in [0.25, 0.3) is 0 Å². The van der Waals surface area contributed by atoms with Crippen LogP contribution in [0.3, 0.4) is 0 Å². The molecule has 1 N–H and O–H groups in total. The van der Waals surface area contributed by atoms with Crippen LogP contribution >= 0.6 is 0 Å². The predicted molar refractivity (Wildman–Crippen MR) is 137 cm³/mol. The van der Waals surface area contributed by atoms with E-state index in [1.54, 1.807) is 60.7 Å². The molecule has 3 aromatic rings. The number of hydrogen-bond donors (Lipinski definition) is 1.